The van der Waals surface area contributed by atoms with Gasteiger partial charge in [0.05, 0.1) is 15.1 Å². The van der Waals surface area contributed by atoms with Crippen LogP contribution in [0.5, 0.6) is 0 Å². The Balaban J connectivity index is 1.94. The monoisotopic (exact) mass is 351 g/mol. The quantitative estimate of drug-likeness (QED) is 0.564. The van der Waals surface area contributed by atoms with Crippen LogP contribution < -0.4 is 5.32 Å². The molecule has 3 aromatic rings. The minimum atomic E-state index is -0.710. The third kappa shape index (κ3) is 3.13. The molecule has 2 aromatic carbocycles. The normalized spacial score (nSPS) is 10.7. The second kappa shape index (κ2) is 5.90. The highest BCUT2D eigenvalue weighted by Gasteiger charge is 2.21. The van der Waals surface area contributed by atoms with E-state index in [1.54, 1.807) is 0 Å². The van der Waals surface area contributed by atoms with Gasteiger partial charge in [-0.2, -0.15) is 0 Å². The predicted molar refractivity (Wildman–Crippen MR) is 85.6 cm³/mol. The molecule has 1 amide bonds. The van der Waals surface area contributed by atoms with Crippen molar-refractivity contribution in [1.82, 2.24) is 4.98 Å². The molecule has 1 heterocycles. The average molecular weight is 352 g/mol. The average Bonchev–Trinajstić information content (AvgIpc) is 2.88. The summed E-state index contributed by atoms with van der Waals surface area (Å²) in [6.45, 7) is 0. The lowest BCUT2D eigenvalue weighted by molar-refractivity contribution is -0.385. The first-order chi connectivity index (χ1) is 10.9. The molecule has 0 atom stereocenters. The van der Waals surface area contributed by atoms with Crippen molar-refractivity contribution in [1.29, 1.82) is 0 Å². The van der Waals surface area contributed by atoms with Crippen LogP contribution in [0, 0.1) is 15.9 Å². The van der Waals surface area contributed by atoms with Gasteiger partial charge in [-0.15, -0.1) is 0 Å². The predicted octanol–water partition coefficient (Wildman–Crippen LogP) is 4.25. The molecule has 1 aromatic heterocycles. The van der Waals surface area contributed by atoms with Crippen LogP contribution in [0.1, 0.15) is 10.4 Å². The lowest BCUT2D eigenvalue weighted by Crippen LogP contribution is -2.13. The molecule has 0 aliphatic carbocycles. The number of hydrogen-bond acceptors (Lipinski definition) is 5. The summed E-state index contributed by atoms with van der Waals surface area (Å²) in [7, 11) is 0. The van der Waals surface area contributed by atoms with Crippen molar-refractivity contribution in [2.45, 2.75) is 0 Å². The zero-order valence-electron chi connectivity index (χ0n) is 11.2. The van der Waals surface area contributed by atoms with Gasteiger partial charge < -0.3 is 0 Å². The Labute approximate surface area is 137 Å². The number of nitrogens with one attached hydrogen (secondary N) is 1. The highest BCUT2D eigenvalue weighted by atomic mass is 35.5. The van der Waals surface area contributed by atoms with Gasteiger partial charge in [0.25, 0.3) is 11.6 Å². The van der Waals surface area contributed by atoms with Crippen molar-refractivity contribution in [2.75, 3.05) is 5.32 Å². The smallest absolute Gasteiger partial charge is 0.282 e. The van der Waals surface area contributed by atoms with Crippen LogP contribution in [0.15, 0.2) is 36.4 Å². The maximum absolute atomic E-state index is 13.2. The summed E-state index contributed by atoms with van der Waals surface area (Å²) < 4.78 is 13.7. The van der Waals surface area contributed by atoms with Crippen LogP contribution in [-0.2, 0) is 0 Å². The van der Waals surface area contributed by atoms with E-state index in [2.05, 4.69) is 10.3 Å². The first-order valence-electron chi connectivity index (χ1n) is 6.25. The zero-order chi connectivity index (χ0) is 16.6. The van der Waals surface area contributed by atoms with Crippen LogP contribution in [-0.4, -0.2) is 15.8 Å². The molecule has 0 radical (unpaired) electrons. The number of nitrogens with zero attached hydrogens (tertiary/aromatic N) is 2. The second-order valence-corrected chi connectivity index (χ2v) is 5.97. The number of hydrogen-bond donors (Lipinski definition) is 1. The molecule has 1 N–H and O–H groups in total. The van der Waals surface area contributed by atoms with Crippen molar-refractivity contribution >= 4 is 49.9 Å². The van der Waals surface area contributed by atoms with Gasteiger partial charge in [0.2, 0.25) is 0 Å². The first kappa shape index (κ1) is 15.3. The van der Waals surface area contributed by atoms with E-state index < -0.39 is 16.6 Å². The van der Waals surface area contributed by atoms with E-state index in [-0.39, 0.29) is 21.4 Å². The number of fused-ring (bicyclic) bond motifs is 1. The number of nitro groups is 1. The Morgan fingerprint density at radius 1 is 1.30 bits per heavy atom. The number of benzene rings is 2. The molecular formula is C14H7ClFN3O3S. The number of carbonyl (C=O) groups excluding carboxylic acids is 1. The van der Waals surface area contributed by atoms with Gasteiger partial charge in [-0.1, -0.05) is 22.9 Å². The lowest BCUT2D eigenvalue weighted by Gasteiger charge is -2.03. The molecule has 116 valence electrons. The van der Waals surface area contributed by atoms with Crippen LogP contribution in [0.4, 0.5) is 15.2 Å². The Morgan fingerprint density at radius 3 is 2.83 bits per heavy atom. The summed E-state index contributed by atoms with van der Waals surface area (Å²) in [6.07, 6.45) is 0. The number of carbonyl (C=O) groups is 1. The standard InChI is InChI=1S/C14H7ClFN3O3S/c15-7-1-4-11(19(21)22)9(5-7)13(20)18-14-17-10-3-2-8(16)6-12(10)23-14/h1-6H,(H,17,18,20). The molecule has 6 nitrogen and oxygen atoms in total. The maximum atomic E-state index is 13.2. The number of rotatable bonds is 3. The molecule has 0 bridgehead atoms. The number of thiazole rings is 1. The van der Waals surface area contributed by atoms with Gasteiger partial charge in [0.1, 0.15) is 11.4 Å². The minimum Gasteiger partial charge on any atom is -0.298 e. The fourth-order valence-electron chi connectivity index (χ4n) is 1.97. The molecule has 3 rings (SSSR count). The minimum absolute atomic E-state index is 0.173. The zero-order valence-corrected chi connectivity index (χ0v) is 12.8. The summed E-state index contributed by atoms with van der Waals surface area (Å²) >= 11 is 6.86. The van der Waals surface area contributed by atoms with Gasteiger partial charge in [0, 0.05) is 11.1 Å². The maximum Gasteiger partial charge on any atom is 0.282 e. The summed E-state index contributed by atoms with van der Waals surface area (Å²) in [4.78, 5) is 26.7. The van der Waals surface area contributed by atoms with Crippen LogP contribution in [0.3, 0.4) is 0 Å². The number of halogens is 2. The molecule has 0 saturated heterocycles. The summed E-state index contributed by atoms with van der Waals surface area (Å²) in [5.41, 5.74) is -0.0145. The van der Waals surface area contributed by atoms with E-state index in [0.29, 0.717) is 10.2 Å². The topological polar surface area (TPSA) is 85.1 Å². The Hall–Kier alpha value is -2.58. The second-order valence-electron chi connectivity index (χ2n) is 4.50. The van der Waals surface area contributed by atoms with E-state index in [9.17, 15) is 19.3 Å². The van der Waals surface area contributed by atoms with Gasteiger partial charge in [-0.05, 0) is 30.3 Å². The van der Waals surface area contributed by atoms with Gasteiger partial charge in [-0.3, -0.25) is 20.2 Å². The molecule has 9 heteroatoms. The highest BCUT2D eigenvalue weighted by Crippen LogP contribution is 2.28. The summed E-state index contributed by atoms with van der Waals surface area (Å²) in [5.74, 6) is -1.12. The van der Waals surface area contributed by atoms with Crippen LogP contribution in [0.2, 0.25) is 5.02 Å². The van der Waals surface area contributed by atoms with E-state index in [4.69, 9.17) is 11.6 Å². The van der Waals surface area contributed by atoms with E-state index in [1.165, 1.54) is 30.3 Å². The third-order valence-corrected chi connectivity index (χ3v) is 4.14. The molecule has 0 fully saturated rings. The van der Waals surface area contributed by atoms with Crippen LogP contribution in [0.25, 0.3) is 10.2 Å². The number of amides is 1. The lowest BCUT2D eigenvalue weighted by atomic mass is 10.1. The molecule has 0 spiro atoms. The molecular weight excluding hydrogens is 345 g/mol. The van der Waals surface area contributed by atoms with E-state index in [0.717, 1.165) is 17.4 Å². The van der Waals surface area contributed by atoms with Gasteiger partial charge >= 0.3 is 0 Å². The SMILES string of the molecule is O=C(Nc1nc2ccc(F)cc2s1)c1cc(Cl)ccc1[N+](=O)[O-]. The third-order valence-electron chi connectivity index (χ3n) is 2.97. The van der Waals surface area contributed by atoms with E-state index >= 15 is 0 Å². The van der Waals surface area contributed by atoms with Crippen molar-refractivity contribution in [2.24, 2.45) is 0 Å². The first-order valence-corrected chi connectivity index (χ1v) is 7.45. The molecule has 0 unspecified atom stereocenters. The number of aromatic nitrogens is 1. The fraction of sp³-hybridized carbons (Fsp3) is 0. The number of anilines is 1. The fourth-order valence-corrected chi connectivity index (χ4v) is 3.02. The van der Waals surface area contributed by atoms with Gasteiger partial charge in [0.15, 0.2) is 5.13 Å². The largest absolute Gasteiger partial charge is 0.298 e. The molecule has 0 aliphatic rings. The Kier molecular flexibility index (Phi) is 3.93. The highest BCUT2D eigenvalue weighted by molar-refractivity contribution is 7.22. The van der Waals surface area contributed by atoms with Crippen molar-refractivity contribution in [3.8, 4) is 0 Å². The van der Waals surface area contributed by atoms with Crippen LogP contribution >= 0.6 is 22.9 Å². The molecule has 23 heavy (non-hydrogen) atoms. The number of nitro benzene ring substituents is 1. The van der Waals surface area contributed by atoms with E-state index in [1.807, 2.05) is 0 Å². The Bertz CT molecular complexity index is 944. The molecule has 0 saturated carbocycles. The van der Waals surface area contributed by atoms with Gasteiger partial charge in [-0.25, -0.2) is 9.37 Å². The summed E-state index contributed by atoms with van der Waals surface area (Å²) in [6, 6.07) is 7.74. The van der Waals surface area contributed by atoms with Crippen molar-refractivity contribution in [3.63, 3.8) is 0 Å². The molecule has 0 aliphatic heterocycles. The van der Waals surface area contributed by atoms with Crippen molar-refractivity contribution in [3.05, 3.63) is 62.9 Å². The Morgan fingerprint density at radius 2 is 2.09 bits per heavy atom. The summed E-state index contributed by atoms with van der Waals surface area (Å²) in [5, 5.41) is 13.9. The van der Waals surface area contributed by atoms with Crippen molar-refractivity contribution < 1.29 is 14.1 Å².